The SMILES string of the molecule is O=C1NC(=Nc2cc(C(=O)N3CC[C@H](O)C3)ccc2Cl)S/C1=C\c1ccc2ncccc2c1. The van der Waals surface area contributed by atoms with Gasteiger partial charge in [0.05, 0.1) is 27.2 Å². The Bertz CT molecular complexity index is 1340. The number of aliphatic hydroxyl groups is 1. The van der Waals surface area contributed by atoms with Gasteiger partial charge in [0.15, 0.2) is 5.17 Å². The topological polar surface area (TPSA) is 94.9 Å². The lowest BCUT2D eigenvalue weighted by molar-refractivity contribution is -0.115. The van der Waals surface area contributed by atoms with E-state index in [-0.39, 0.29) is 11.8 Å². The Morgan fingerprint density at radius 1 is 1.27 bits per heavy atom. The largest absolute Gasteiger partial charge is 0.391 e. The second-order valence-electron chi connectivity index (χ2n) is 7.80. The highest BCUT2D eigenvalue weighted by atomic mass is 35.5. The van der Waals surface area contributed by atoms with Gasteiger partial charge in [-0.05, 0) is 66.2 Å². The van der Waals surface area contributed by atoms with E-state index in [4.69, 9.17) is 11.6 Å². The van der Waals surface area contributed by atoms with Crippen LogP contribution < -0.4 is 5.32 Å². The molecule has 9 heteroatoms. The number of nitrogens with zero attached hydrogens (tertiary/aromatic N) is 3. The van der Waals surface area contributed by atoms with E-state index in [0.717, 1.165) is 16.5 Å². The lowest BCUT2D eigenvalue weighted by Gasteiger charge is -2.16. The van der Waals surface area contributed by atoms with Crippen LogP contribution in [0, 0.1) is 0 Å². The number of likely N-dealkylation sites (tertiary alicyclic amines) is 1. The molecule has 2 amide bonds. The quantitative estimate of drug-likeness (QED) is 0.555. The maximum atomic E-state index is 12.7. The molecule has 3 aromatic rings. The first-order valence-electron chi connectivity index (χ1n) is 10.4. The van der Waals surface area contributed by atoms with E-state index in [2.05, 4.69) is 15.3 Å². The molecule has 2 fully saturated rings. The standard InChI is InChI=1S/C24H19ClN4O3S/c25-18-5-4-16(23(32)29-9-7-17(30)13-29)12-20(18)27-24-28-22(31)21(33-24)11-14-3-6-19-15(10-14)2-1-8-26-19/h1-6,8,10-12,17,30H,7,9,13H2,(H,27,28,31)/b21-11-/t17-/m0/s1. The van der Waals surface area contributed by atoms with Gasteiger partial charge >= 0.3 is 0 Å². The van der Waals surface area contributed by atoms with Crippen LogP contribution in [0.25, 0.3) is 17.0 Å². The van der Waals surface area contributed by atoms with Gasteiger partial charge < -0.3 is 15.3 Å². The minimum atomic E-state index is -0.491. The molecular weight excluding hydrogens is 460 g/mol. The van der Waals surface area contributed by atoms with Crippen LogP contribution in [0.15, 0.2) is 64.6 Å². The number of hydrogen-bond acceptors (Lipinski definition) is 6. The number of carbonyl (C=O) groups is 2. The second kappa shape index (κ2) is 8.97. The fourth-order valence-corrected chi connectivity index (χ4v) is 4.76. The Balaban J connectivity index is 1.38. The molecular formula is C24H19ClN4O3S. The number of aliphatic imine (C=N–C) groups is 1. The van der Waals surface area contributed by atoms with Gasteiger partial charge in [-0.3, -0.25) is 14.6 Å². The van der Waals surface area contributed by atoms with Gasteiger partial charge in [0.1, 0.15) is 0 Å². The van der Waals surface area contributed by atoms with E-state index in [1.807, 2.05) is 30.3 Å². The van der Waals surface area contributed by atoms with Crippen LogP contribution in [0.2, 0.25) is 5.02 Å². The smallest absolute Gasteiger partial charge is 0.264 e. The summed E-state index contributed by atoms with van der Waals surface area (Å²) < 4.78 is 0. The average Bonchev–Trinajstić information content (AvgIpc) is 3.40. The maximum absolute atomic E-state index is 12.7. The van der Waals surface area contributed by atoms with Crippen molar-refractivity contribution in [3.8, 4) is 0 Å². The number of fused-ring (bicyclic) bond motifs is 1. The highest BCUT2D eigenvalue weighted by Gasteiger charge is 2.27. The molecule has 5 rings (SSSR count). The zero-order valence-corrected chi connectivity index (χ0v) is 18.9. The summed E-state index contributed by atoms with van der Waals surface area (Å²) in [5.74, 6) is -0.432. The lowest BCUT2D eigenvalue weighted by atomic mass is 10.1. The summed E-state index contributed by atoms with van der Waals surface area (Å²) in [7, 11) is 0. The van der Waals surface area contributed by atoms with Crippen LogP contribution in [0.1, 0.15) is 22.3 Å². The molecule has 0 spiro atoms. The number of aromatic nitrogens is 1. The molecule has 2 aromatic carbocycles. The maximum Gasteiger partial charge on any atom is 0.264 e. The van der Waals surface area contributed by atoms with Gasteiger partial charge in [0, 0.05) is 30.2 Å². The average molecular weight is 479 g/mol. The van der Waals surface area contributed by atoms with Crippen molar-refractivity contribution in [3.63, 3.8) is 0 Å². The highest BCUT2D eigenvalue weighted by molar-refractivity contribution is 8.18. The van der Waals surface area contributed by atoms with E-state index in [9.17, 15) is 14.7 Å². The number of nitrogens with one attached hydrogen (secondary N) is 1. The molecule has 3 heterocycles. The van der Waals surface area contributed by atoms with Crippen molar-refractivity contribution >= 4 is 63.0 Å². The molecule has 0 saturated carbocycles. The molecule has 2 N–H and O–H groups in total. The van der Waals surface area contributed by atoms with Crippen molar-refractivity contribution in [2.45, 2.75) is 12.5 Å². The van der Waals surface area contributed by atoms with Crippen molar-refractivity contribution in [1.82, 2.24) is 15.2 Å². The Kier molecular flexibility index (Phi) is 5.88. The lowest BCUT2D eigenvalue weighted by Crippen LogP contribution is -2.29. The van der Waals surface area contributed by atoms with Crippen LogP contribution >= 0.6 is 23.4 Å². The summed E-state index contributed by atoms with van der Waals surface area (Å²) in [4.78, 5) is 36.1. The fraction of sp³-hybridized carbons (Fsp3) is 0.167. The minimum Gasteiger partial charge on any atom is -0.391 e. The normalized spacial score (nSPS) is 20.7. The number of carbonyl (C=O) groups excluding carboxylic acids is 2. The predicted octanol–water partition coefficient (Wildman–Crippen LogP) is 3.99. The van der Waals surface area contributed by atoms with E-state index >= 15 is 0 Å². The van der Waals surface area contributed by atoms with Crippen LogP contribution in [-0.2, 0) is 4.79 Å². The molecule has 2 saturated heterocycles. The summed E-state index contributed by atoms with van der Waals surface area (Å²) >= 11 is 7.52. The minimum absolute atomic E-state index is 0.181. The Morgan fingerprint density at radius 3 is 2.97 bits per heavy atom. The zero-order valence-electron chi connectivity index (χ0n) is 17.4. The van der Waals surface area contributed by atoms with Gasteiger partial charge in [-0.25, -0.2) is 4.99 Å². The molecule has 0 bridgehead atoms. The fourth-order valence-electron chi connectivity index (χ4n) is 3.77. The number of thioether (sulfide) groups is 1. The number of benzene rings is 2. The third-order valence-corrected chi connectivity index (χ3v) is 6.67. The summed E-state index contributed by atoms with van der Waals surface area (Å²) in [5.41, 5.74) is 2.59. The number of amidine groups is 1. The van der Waals surface area contributed by atoms with E-state index in [0.29, 0.717) is 45.9 Å². The number of rotatable bonds is 3. The van der Waals surface area contributed by atoms with Crippen LogP contribution in [0.4, 0.5) is 5.69 Å². The zero-order chi connectivity index (χ0) is 22.9. The van der Waals surface area contributed by atoms with Gasteiger partial charge in [-0.15, -0.1) is 0 Å². The molecule has 2 aliphatic heterocycles. The Labute approximate surface area is 199 Å². The predicted molar refractivity (Wildman–Crippen MR) is 131 cm³/mol. The molecule has 7 nitrogen and oxygen atoms in total. The molecule has 0 radical (unpaired) electrons. The highest BCUT2D eigenvalue weighted by Crippen LogP contribution is 2.32. The third kappa shape index (κ3) is 4.64. The third-order valence-electron chi connectivity index (χ3n) is 5.44. The monoisotopic (exact) mass is 478 g/mol. The summed E-state index contributed by atoms with van der Waals surface area (Å²) in [6.45, 7) is 0.827. The van der Waals surface area contributed by atoms with Gasteiger partial charge in [-0.1, -0.05) is 23.7 Å². The van der Waals surface area contributed by atoms with Crippen LogP contribution in [0.3, 0.4) is 0 Å². The first-order valence-corrected chi connectivity index (χ1v) is 11.6. The summed E-state index contributed by atoms with van der Waals surface area (Å²) in [6.07, 6.45) is 3.62. The number of pyridine rings is 1. The van der Waals surface area contributed by atoms with E-state index in [1.165, 1.54) is 11.8 Å². The molecule has 0 unspecified atom stereocenters. The number of amides is 2. The number of halogens is 1. The van der Waals surface area contributed by atoms with Crippen molar-refractivity contribution in [2.75, 3.05) is 13.1 Å². The molecule has 1 atom stereocenters. The van der Waals surface area contributed by atoms with Gasteiger partial charge in [-0.2, -0.15) is 0 Å². The Hall–Kier alpha value is -3.20. The Morgan fingerprint density at radius 2 is 2.15 bits per heavy atom. The van der Waals surface area contributed by atoms with Crippen molar-refractivity contribution < 1.29 is 14.7 Å². The molecule has 166 valence electrons. The van der Waals surface area contributed by atoms with Crippen molar-refractivity contribution in [1.29, 1.82) is 0 Å². The second-order valence-corrected chi connectivity index (χ2v) is 9.23. The van der Waals surface area contributed by atoms with E-state index in [1.54, 1.807) is 35.4 Å². The first-order chi connectivity index (χ1) is 16.0. The van der Waals surface area contributed by atoms with Crippen molar-refractivity contribution in [3.05, 3.63) is 75.8 Å². The van der Waals surface area contributed by atoms with Crippen LogP contribution in [-0.4, -0.2) is 51.2 Å². The number of hydrogen-bond donors (Lipinski definition) is 2. The molecule has 33 heavy (non-hydrogen) atoms. The van der Waals surface area contributed by atoms with Crippen molar-refractivity contribution in [2.24, 2.45) is 4.99 Å². The molecule has 1 aromatic heterocycles. The first kappa shape index (κ1) is 21.6. The summed E-state index contributed by atoms with van der Waals surface area (Å²) in [6, 6.07) is 14.5. The number of β-amino-alcohol motifs (C(OH)–C–C–N with tert-alkyl or cyclic N) is 1. The van der Waals surface area contributed by atoms with E-state index < -0.39 is 6.10 Å². The van der Waals surface area contributed by atoms with Gasteiger partial charge in [0.25, 0.3) is 11.8 Å². The number of aliphatic hydroxyl groups excluding tert-OH is 1. The van der Waals surface area contributed by atoms with Crippen LogP contribution in [0.5, 0.6) is 0 Å². The summed E-state index contributed by atoms with van der Waals surface area (Å²) in [5, 5.41) is 14.2. The van der Waals surface area contributed by atoms with Gasteiger partial charge in [0.2, 0.25) is 0 Å². The molecule has 2 aliphatic rings. The molecule has 0 aliphatic carbocycles.